The second kappa shape index (κ2) is 8.61. The van der Waals surface area contributed by atoms with Gasteiger partial charge in [0.1, 0.15) is 23.7 Å². The van der Waals surface area contributed by atoms with Gasteiger partial charge in [-0.15, -0.1) is 0 Å². The normalized spacial score (nSPS) is 11.0. The molecule has 0 N–H and O–H groups in total. The standard InChI is InChI=1S/C22H23BrO4/c1-4-19-18(17-12-16(23)8-9-20(17)27-19)13-26-21-10-14(3)6-7-15(21)11-22(24)25-5-2/h6-10,12H,4-5,11,13H2,1-3H3. The van der Waals surface area contributed by atoms with Crippen LogP contribution < -0.4 is 4.74 Å². The number of aryl methyl sites for hydroxylation is 2. The number of halogens is 1. The first kappa shape index (κ1) is 19.5. The van der Waals surface area contributed by atoms with Crippen LogP contribution in [-0.4, -0.2) is 12.6 Å². The van der Waals surface area contributed by atoms with Crippen molar-refractivity contribution >= 4 is 32.9 Å². The molecule has 5 heteroatoms. The van der Waals surface area contributed by atoms with E-state index in [2.05, 4.69) is 22.9 Å². The van der Waals surface area contributed by atoms with Gasteiger partial charge in [-0.3, -0.25) is 4.79 Å². The number of hydrogen-bond acceptors (Lipinski definition) is 4. The number of fused-ring (bicyclic) bond motifs is 1. The Kier molecular flexibility index (Phi) is 6.22. The minimum atomic E-state index is -0.252. The van der Waals surface area contributed by atoms with E-state index in [1.807, 2.05) is 43.3 Å². The Morgan fingerprint density at radius 3 is 2.70 bits per heavy atom. The average molecular weight is 431 g/mol. The smallest absolute Gasteiger partial charge is 0.310 e. The highest BCUT2D eigenvalue weighted by atomic mass is 79.9. The third-order valence-electron chi connectivity index (χ3n) is 4.39. The van der Waals surface area contributed by atoms with Crippen molar-refractivity contribution in [1.29, 1.82) is 0 Å². The van der Waals surface area contributed by atoms with E-state index in [4.69, 9.17) is 13.9 Å². The van der Waals surface area contributed by atoms with E-state index in [1.54, 1.807) is 6.92 Å². The zero-order valence-corrected chi connectivity index (χ0v) is 17.4. The van der Waals surface area contributed by atoms with Crippen LogP contribution in [0.5, 0.6) is 5.75 Å². The molecular weight excluding hydrogens is 408 g/mol. The number of benzene rings is 2. The number of rotatable bonds is 7. The van der Waals surface area contributed by atoms with Gasteiger partial charge in [-0.2, -0.15) is 0 Å². The maximum Gasteiger partial charge on any atom is 0.310 e. The van der Waals surface area contributed by atoms with Crippen LogP contribution in [0.3, 0.4) is 0 Å². The lowest BCUT2D eigenvalue weighted by molar-refractivity contribution is -0.142. The Morgan fingerprint density at radius 1 is 1.15 bits per heavy atom. The number of hydrogen-bond donors (Lipinski definition) is 0. The molecule has 0 spiro atoms. The summed E-state index contributed by atoms with van der Waals surface area (Å²) in [5.74, 6) is 1.37. The molecule has 2 aromatic carbocycles. The van der Waals surface area contributed by atoms with Gasteiger partial charge in [0.25, 0.3) is 0 Å². The molecule has 0 fully saturated rings. The third kappa shape index (κ3) is 4.53. The monoisotopic (exact) mass is 430 g/mol. The Bertz CT molecular complexity index is 958. The second-order valence-electron chi connectivity index (χ2n) is 6.38. The highest BCUT2D eigenvalue weighted by Gasteiger charge is 2.16. The van der Waals surface area contributed by atoms with Gasteiger partial charge in [0.15, 0.2) is 0 Å². The molecule has 1 aromatic heterocycles. The van der Waals surface area contributed by atoms with Crippen LogP contribution in [0.25, 0.3) is 11.0 Å². The Hall–Kier alpha value is -2.27. The van der Waals surface area contributed by atoms with Gasteiger partial charge in [-0.25, -0.2) is 0 Å². The van der Waals surface area contributed by atoms with Crippen LogP contribution in [0.2, 0.25) is 0 Å². The molecule has 0 saturated carbocycles. The van der Waals surface area contributed by atoms with Gasteiger partial charge in [-0.05, 0) is 43.7 Å². The Balaban J connectivity index is 1.88. The second-order valence-corrected chi connectivity index (χ2v) is 7.30. The molecule has 0 saturated heterocycles. The van der Waals surface area contributed by atoms with E-state index in [0.29, 0.717) is 19.0 Å². The molecule has 27 heavy (non-hydrogen) atoms. The third-order valence-corrected chi connectivity index (χ3v) is 4.89. The first-order valence-corrected chi connectivity index (χ1v) is 9.88. The fourth-order valence-corrected chi connectivity index (χ4v) is 3.44. The number of carbonyl (C=O) groups is 1. The van der Waals surface area contributed by atoms with Crippen LogP contribution in [0.4, 0.5) is 0 Å². The minimum absolute atomic E-state index is 0.196. The van der Waals surface area contributed by atoms with E-state index < -0.39 is 0 Å². The van der Waals surface area contributed by atoms with Gasteiger partial charge in [0.05, 0.1) is 13.0 Å². The minimum Gasteiger partial charge on any atom is -0.488 e. The van der Waals surface area contributed by atoms with E-state index in [-0.39, 0.29) is 12.4 Å². The van der Waals surface area contributed by atoms with Crippen LogP contribution in [-0.2, 0) is 29.0 Å². The Morgan fingerprint density at radius 2 is 1.96 bits per heavy atom. The summed E-state index contributed by atoms with van der Waals surface area (Å²) in [5.41, 5.74) is 3.79. The van der Waals surface area contributed by atoms with Crippen molar-refractivity contribution < 1.29 is 18.7 Å². The highest BCUT2D eigenvalue weighted by molar-refractivity contribution is 9.10. The van der Waals surface area contributed by atoms with Gasteiger partial charge in [-0.1, -0.05) is 35.0 Å². The van der Waals surface area contributed by atoms with Crippen LogP contribution >= 0.6 is 15.9 Å². The van der Waals surface area contributed by atoms with E-state index in [1.165, 1.54) is 0 Å². The molecule has 142 valence electrons. The number of esters is 1. The van der Waals surface area contributed by atoms with Gasteiger partial charge >= 0.3 is 5.97 Å². The fraction of sp³-hybridized carbons (Fsp3) is 0.318. The van der Waals surface area contributed by atoms with Gasteiger partial charge in [0.2, 0.25) is 0 Å². The first-order valence-electron chi connectivity index (χ1n) is 9.09. The lowest BCUT2D eigenvalue weighted by atomic mass is 10.1. The van der Waals surface area contributed by atoms with E-state index >= 15 is 0 Å². The van der Waals surface area contributed by atoms with Gasteiger partial charge < -0.3 is 13.9 Å². The zero-order valence-electron chi connectivity index (χ0n) is 15.8. The summed E-state index contributed by atoms with van der Waals surface area (Å²) in [6.45, 7) is 6.62. The van der Waals surface area contributed by atoms with E-state index in [9.17, 15) is 4.79 Å². The molecule has 0 atom stereocenters. The molecular formula is C22H23BrO4. The largest absolute Gasteiger partial charge is 0.488 e. The summed E-state index contributed by atoms with van der Waals surface area (Å²) in [7, 11) is 0. The fourth-order valence-electron chi connectivity index (χ4n) is 3.07. The van der Waals surface area contributed by atoms with Crippen molar-refractivity contribution in [3.05, 3.63) is 63.3 Å². The van der Waals surface area contributed by atoms with Crippen molar-refractivity contribution in [3.63, 3.8) is 0 Å². The molecule has 0 aliphatic carbocycles. The summed E-state index contributed by atoms with van der Waals surface area (Å²) in [4.78, 5) is 11.9. The van der Waals surface area contributed by atoms with Crippen molar-refractivity contribution in [2.45, 2.75) is 40.2 Å². The van der Waals surface area contributed by atoms with Crippen molar-refractivity contribution in [2.24, 2.45) is 0 Å². The summed E-state index contributed by atoms with van der Waals surface area (Å²) in [5, 5.41) is 1.04. The van der Waals surface area contributed by atoms with Crippen LogP contribution in [0.15, 0.2) is 45.3 Å². The predicted octanol–water partition coefficient (Wildman–Crippen LogP) is 5.75. The van der Waals surface area contributed by atoms with Crippen LogP contribution in [0.1, 0.15) is 36.3 Å². The maximum absolute atomic E-state index is 11.9. The van der Waals surface area contributed by atoms with Crippen molar-refractivity contribution in [3.8, 4) is 5.75 Å². The van der Waals surface area contributed by atoms with Crippen molar-refractivity contribution in [1.82, 2.24) is 0 Å². The van der Waals surface area contributed by atoms with Crippen molar-refractivity contribution in [2.75, 3.05) is 6.61 Å². The van der Waals surface area contributed by atoms with Crippen LogP contribution in [0, 0.1) is 6.92 Å². The molecule has 0 amide bonds. The first-order chi connectivity index (χ1) is 13.0. The summed E-state index contributed by atoms with van der Waals surface area (Å²) < 4.78 is 18.2. The number of carbonyl (C=O) groups excluding carboxylic acids is 1. The SMILES string of the molecule is CCOC(=O)Cc1ccc(C)cc1OCc1c(CC)oc2ccc(Br)cc12. The molecule has 0 aliphatic rings. The molecule has 0 unspecified atom stereocenters. The zero-order chi connectivity index (χ0) is 19.4. The lowest BCUT2D eigenvalue weighted by Gasteiger charge is -2.12. The molecule has 4 nitrogen and oxygen atoms in total. The molecule has 0 bridgehead atoms. The number of ether oxygens (including phenoxy) is 2. The molecule has 0 aliphatic heterocycles. The molecule has 0 radical (unpaired) electrons. The lowest BCUT2D eigenvalue weighted by Crippen LogP contribution is -2.09. The quantitative estimate of drug-likeness (QED) is 0.447. The van der Waals surface area contributed by atoms with Gasteiger partial charge in [0, 0.05) is 27.4 Å². The summed E-state index contributed by atoms with van der Waals surface area (Å²) >= 11 is 3.52. The summed E-state index contributed by atoms with van der Waals surface area (Å²) in [6, 6.07) is 11.8. The molecule has 1 heterocycles. The average Bonchev–Trinajstić information content (AvgIpc) is 2.99. The topological polar surface area (TPSA) is 48.7 Å². The predicted molar refractivity (Wildman–Crippen MR) is 109 cm³/mol. The Labute approximate surface area is 167 Å². The molecule has 3 aromatic rings. The summed E-state index contributed by atoms with van der Waals surface area (Å²) in [6.07, 6.45) is 0.982. The maximum atomic E-state index is 11.9. The highest BCUT2D eigenvalue weighted by Crippen LogP contribution is 2.31. The number of furan rings is 1. The van der Waals surface area contributed by atoms with E-state index in [0.717, 1.165) is 44.3 Å². The molecule has 3 rings (SSSR count).